The van der Waals surface area contributed by atoms with Crippen LogP contribution in [0.3, 0.4) is 0 Å². The Morgan fingerprint density at radius 1 is 1.33 bits per heavy atom. The van der Waals surface area contributed by atoms with Gasteiger partial charge in [-0.05, 0) is 0 Å². The van der Waals surface area contributed by atoms with Gasteiger partial charge in [-0.25, -0.2) is 0 Å². The van der Waals surface area contributed by atoms with Gasteiger partial charge in [0.05, 0.1) is 13.2 Å². The molecule has 1 heterocycles. The van der Waals surface area contributed by atoms with Gasteiger partial charge in [0, 0.05) is 0 Å². The van der Waals surface area contributed by atoms with Crippen molar-refractivity contribution < 1.29 is 4.74 Å². The minimum absolute atomic E-state index is 0. The number of nitrogens with two attached hydrogens (primary N) is 1. The molecular weight excluding hydrogens is 190 g/mol. The molecule has 12 heavy (non-hydrogen) atoms. The molecule has 4 heteroatoms. The zero-order chi connectivity index (χ0) is 8.54. The summed E-state index contributed by atoms with van der Waals surface area (Å²) in [6, 6.07) is 0. The van der Waals surface area contributed by atoms with E-state index in [0.717, 1.165) is 0 Å². The van der Waals surface area contributed by atoms with Crippen molar-refractivity contribution in [2.45, 2.75) is 25.2 Å². The van der Waals surface area contributed by atoms with Crippen molar-refractivity contribution >= 4 is 20.5 Å². The lowest BCUT2D eigenvalue weighted by Gasteiger charge is -2.32. The van der Waals surface area contributed by atoms with E-state index in [0.29, 0.717) is 13.2 Å². The molecule has 2 nitrogen and oxygen atoms in total. The predicted octanol–water partition coefficient (Wildman–Crippen LogP) is 1.02. The maximum Gasteiger partial charge on any atom is 0.129 e. The van der Waals surface area contributed by atoms with Crippen LogP contribution in [0.5, 0.6) is 0 Å². The van der Waals surface area contributed by atoms with Crippen molar-refractivity contribution in [2.75, 3.05) is 13.2 Å². The summed E-state index contributed by atoms with van der Waals surface area (Å²) >= 11 is 0. The van der Waals surface area contributed by atoms with Gasteiger partial charge < -0.3 is 10.5 Å². The fourth-order valence-electron chi connectivity index (χ4n) is 0.706. The Balaban J connectivity index is 0.00000121. The fraction of sp³-hybridized carbons (Fsp3) is 0.750. The van der Waals surface area contributed by atoms with Gasteiger partial charge in [-0.3, -0.25) is 0 Å². The lowest BCUT2D eigenvalue weighted by atomic mass is 10.0. The van der Waals surface area contributed by atoms with Crippen molar-refractivity contribution in [3.63, 3.8) is 0 Å². The lowest BCUT2D eigenvalue weighted by Crippen LogP contribution is -2.56. The number of hydrogen-bond donors (Lipinski definition) is 1. The van der Waals surface area contributed by atoms with Crippen molar-refractivity contribution in [1.29, 1.82) is 0 Å². The smallest absolute Gasteiger partial charge is 0.129 e. The number of hydrogen-bond acceptors (Lipinski definition) is 2. The van der Waals surface area contributed by atoms with Crippen LogP contribution < -0.4 is 5.73 Å². The highest BCUT2D eigenvalue weighted by Crippen LogP contribution is 2.12. The van der Waals surface area contributed by atoms with Gasteiger partial charge in [0.15, 0.2) is 0 Å². The Kier molecular flexibility index (Phi) is 3.79. The second kappa shape index (κ2) is 3.80. The van der Waals surface area contributed by atoms with Gasteiger partial charge in [0.2, 0.25) is 0 Å². The summed E-state index contributed by atoms with van der Waals surface area (Å²) in [5.74, 6) is 3.10. The van der Waals surface area contributed by atoms with E-state index in [9.17, 15) is 0 Å². The minimum atomic E-state index is -1.25. The predicted molar refractivity (Wildman–Crippen MR) is 56.1 cm³/mol. The molecule has 0 saturated carbocycles. The maximum atomic E-state index is 5.83. The first-order valence-electron chi connectivity index (χ1n) is 3.82. The van der Waals surface area contributed by atoms with Crippen molar-refractivity contribution in [2.24, 2.45) is 5.73 Å². The van der Waals surface area contributed by atoms with Crippen molar-refractivity contribution in [1.82, 2.24) is 0 Å². The molecule has 1 fully saturated rings. The molecule has 0 atom stereocenters. The summed E-state index contributed by atoms with van der Waals surface area (Å²) in [7, 11) is -1.25. The standard InChI is InChI=1S/C8H15NOSi.ClH/c1-11(2,3)5-4-8(9)6-10-7-8;/h6-7,9H2,1-3H3;1H. The highest BCUT2D eigenvalue weighted by molar-refractivity contribution is 6.83. The molecule has 0 aliphatic carbocycles. The summed E-state index contributed by atoms with van der Waals surface area (Å²) in [6.45, 7) is 7.84. The molecule has 0 aromatic carbocycles. The lowest BCUT2D eigenvalue weighted by molar-refractivity contribution is -0.0228. The van der Waals surface area contributed by atoms with E-state index < -0.39 is 8.07 Å². The van der Waals surface area contributed by atoms with E-state index in [1.54, 1.807) is 0 Å². The first-order valence-corrected chi connectivity index (χ1v) is 7.32. The molecule has 70 valence electrons. The van der Waals surface area contributed by atoms with Crippen LogP contribution in [0, 0.1) is 11.5 Å². The summed E-state index contributed by atoms with van der Waals surface area (Å²) in [5.41, 5.74) is 8.76. The van der Waals surface area contributed by atoms with E-state index in [-0.39, 0.29) is 17.9 Å². The Morgan fingerprint density at radius 3 is 2.08 bits per heavy atom. The Morgan fingerprint density at radius 2 is 1.83 bits per heavy atom. The summed E-state index contributed by atoms with van der Waals surface area (Å²) in [5, 5.41) is 0. The average Bonchev–Trinajstić information content (AvgIpc) is 1.77. The van der Waals surface area contributed by atoms with Crippen LogP contribution in [-0.4, -0.2) is 26.8 Å². The Labute approximate surface area is 81.3 Å². The van der Waals surface area contributed by atoms with Crippen LogP contribution in [-0.2, 0) is 4.74 Å². The molecule has 0 bridgehead atoms. The zero-order valence-corrected chi connectivity index (χ0v) is 9.62. The Hall–Kier alpha value is -0.0131. The van der Waals surface area contributed by atoms with Crippen LogP contribution in [0.4, 0.5) is 0 Å². The fourth-order valence-corrected chi connectivity index (χ4v) is 1.33. The minimum Gasteiger partial charge on any atom is -0.375 e. The van der Waals surface area contributed by atoms with E-state index in [1.807, 2.05) is 0 Å². The van der Waals surface area contributed by atoms with Gasteiger partial charge in [0.25, 0.3) is 0 Å². The first kappa shape index (κ1) is 12.0. The van der Waals surface area contributed by atoms with E-state index in [1.165, 1.54) is 0 Å². The average molecular weight is 206 g/mol. The summed E-state index contributed by atoms with van der Waals surface area (Å²) < 4.78 is 4.99. The first-order chi connectivity index (χ1) is 4.91. The maximum absolute atomic E-state index is 5.83. The Bertz CT molecular complexity index is 209. The van der Waals surface area contributed by atoms with E-state index in [2.05, 4.69) is 31.1 Å². The van der Waals surface area contributed by atoms with Crippen LogP contribution in [0.15, 0.2) is 0 Å². The number of rotatable bonds is 0. The van der Waals surface area contributed by atoms with E-state index in [4.69, 9.17) is 10.5 Å². The topological polar surface area (TPSA) is 35.2 Å². The van der Waals surface area contributed by atoms with Gasteiger partial charge in [-0.2, -0.15) is 0 Å². The normalized spacial score (nSPS) is 19.7. The second-order valence-electron chi connectivity index (χ2n) is 4.15. The molecule has 1 aliphatic rings. The molecule has 1 aliphatic heterocycles. The third kappa shape index (κ3) is 3.59. The third-order valence-electron chi connectivity index (χ3n) is 1.41. The van der Waals surface area contributed by atoms with Crippen LogP contribution in [0.1, 0.15) is 0 Å². The van der Waals surface area contributed by atoms with Crippen LogP contribution in [0.25, 0.3) is 0 Å². The van der Waals surface area contributed by atoms with Gasteiger partial charge in [-0.15, -0.1) is 18.0 Å². The van der Waals surface area contributed by atoms with Crippen molar-refractivity contribution in [3.8, 4) is 11.5 Å². The molecule has 0 radical (unpaired) electrons. The van der Waals surface area contributed by atoms with Gasteiger partial charge in [-0.1, -0.05) is 25.6 Å². The molecule has 0 amide bonds. The number of ether oxygens (including phenoxy) is 1. The highest BCUT2D eigenvalue weighted by atomic mass is 35.5. The highest BCUT2D eigenvalue weighted by Gasteiger charge is 2.32. The second-order valence-corrected chi connectivity index (χ2v) is 8.90. The van der Waals surface area contributed by atoms with Gasteiger partial charge in [0.1, 0.15) is 13.6 Å². The zero-order valence-electron chi connectivity index (χ0n) is 7.81. The molecule has 0 spiro atoms. The summed E-state index contributed by atoms with van der Waals surface area (Å²) in [4.78, 5) is 0. The van der Waals surface area contributed by atoms with Crippen LogP contribution in [0.2, 0.25) is 19.6 Å². The molecule has 0 aromatic heterocycles. The monoisotopic (exact) mass is 205 g/mol. The molecule has 1 rings (SSSR count). The largest absolute Gasteiger partial charge is 0.375 e. The number of halogens is 1. The van der Waals surface area contributed by atoms with Crippen molar-refractivity contribution in [3.05, 3.63) is 0 Å². The van der Waals surface area contributed by atoms with Crippen LogP contribution >= 0.6 is 12.4 Å². The molecule has 2 N–H and O–H groups in total. The van der Waals surface area contributed by atoms with Gasteiger partial charge >= 0.3 is 0 Å². The SMILES string of the molecule is C[Si](C)(C)C#CC1(N)COC1.Cl. The molecule has 1 saturated heterocycles. The third-order valence-corrected chi connectivity index (χ3v) is 2.28. The van der Waals surface area contributed by atoms with E-state index >= 15 is 0 Å². The quantitative estimate of drug-likeness (QED) is 0.474. The molecular formula is C8H16ClNOSi. The summed E-state index contributed by atoms with van der Waals surface area (Å²) in [6.07, 6.45) is 0. The molecule has 0 aromatic rings. The molecule has 0 unspecified atom stereocenters.